The van der Waals surface area contributed by atoms with Gasteiger partial charge in [-0.1, -0.05) is 63.2 Å². The first-order valence-corrected chi connectivity index (χ1v) is 11.9. The van der Waals surface area contributed by atoms with Gasteiger partial charge >= 0.3 is 0 Å². The lowest BCUT2D eigenvalue weighted by molar-refractivity contribution is -0.123. The summed E-state index contributed by atoms with van der Waals surface area (Å²) in [6.45, 7) is 11.4. The number of nitrogens with zero attached hydrogens (tertiary/aromatic N) is 1. The molecule has 1 atom stereocenters. The molecule has 2 aromatic rings. The third kappa shape index (κ3) is 7.98. The zero-order valence-electron chi connectivity index (χ0n) is 20.1. The molecule has 178 valence electrons. The quantitative estimate of drug-likeness (QED) is 0.575. The van der Waals surface area contributed by atoms with Gasteiger partial charge in [0, 0.05) is 31.6 Å². The van der Waals surface area contributed by atoms with Crippen molar-refractivity contribution in [2.45, 2.75) is 45.1 Å². The highest BCUT2D eigenvalue weighted by molar-refractivity contribution is 5.97. The second kappa shape index (κ2) is 12.0. The van der Waals surface area contributed by atoms with Crippen molar-refractivity contribution in [3.05, 3.63) is 71.3 Å². The van der Waals surface area contributed by atoms with Crippen LogP contribution in [-0.4, -0.2) is 62.1 Å². The van der Waals surface area contributed by atoms with Crippen LogP contribution in [0.1, 0.15) is 48.7 Å². The lowest BCUT2D eigenvalue weighted by Gasteiger charge is -2.26. The highest BCUT2D eigenvalue weighted by Gasteiger charge is 2.22. The van der Waals surface area contributed by atoms with Crippen LogP contribution >= 0.6 is 0 Å². The van der Waals surface area contributed by atoms with Gasteiger partial charge in [0.25, 0.3) is 5.91 Å². The molecule has 1 aliphatic rings. The molecule has 2 N–H and O–H groups in total. The Kier molecular flexibility index (Phi) is 9.03. The van der Waals surface area contributed by atoms with E-state index in [0.29, 0.717) is 18.5 Å². The van der Waals surface area contributed by atoms with Gasteiger partial charge in [0.15, 0.2) is 0 Å². The van der Waals surface area contributed by atoms with Crippen LogP contribution in [0, 0.1) is 0 Å². The topological polar surface area (TPSA) is 70.7 Å². The number of hydrogen-bond acceptors (Lipinski definition) is 4. The smallest absolute Gasteiger partial charge is 0.251 e. The third-order valence-electron chi connectivity index (χ3n) is 5.97. The maximum absolute atomic E-state index is 13.0. The van der Waals surface area contributed by atoms with E-state index in [1.165, 1.54) is 0 Å². The SMILES string of the molecule is CC(C)(C)c1ccc(C(=O)NC(Cc2ccccc2)C(=O)NCCCN2CCOCC2)cc1. The summed E-state index contributed by atoms with van der Waals surface area (Å²) >= 11 is 0. The molecular formula is C27H37N3O3. The zero-order valence-corrected chi connectivity index (χ0v) is 20.1. The number of carbonyl (C=O) groups excluding carboxylic acids is 2. The summed E-state index contributed by atoms with van der Waals surface area (Å²) in [5.41, 5.74) is 2.75. The molecule has 3 rings (SSSR count). The average molecular weight is 452 g/mol. The number of rotatable bonds is 9. The monoisotopic (exact) mass is 451 g/mol. The van der Waals surface area contributed by atoms with Gasteiger partial charge in [-0.3, -0.25) is 14.5 Å². The van der Waals surface area contributed by atoms with Gasteiger partial charge in [-0.05, 0) is 41.6 Å². The maximum Gasteiger partial charge on any atom is 0.251 e. The van der Waals surface area contributed by atoms with Gasteiger partial charge in [-0.15, -0.1) is 0 Å². The number of morpholine rings is 1. The predicted octanol–water partition coefficient (Wildman–Crippen LogP) is 3.16. The summed E-state index contributed by atoms with van der Waals surface area (Å²) in [5, 5.41) is 5.97. The fourth-order valence-corrected chi connectivity index (χ4v) is 3.88. The van der Waals surface area contributed by atoms with Crippen molar-refractivity contribution < 1.29 is 14.3 Å². The second-order valence-corrected chi connectivity index (χ2v) is 9.64. The molecule has 33 heavy (non-hydrogen) atoms. The van der Waals surface area contributed by atoms with Crippen molar-refractivity contribution in [1.29, 1.82) is 0 Å². The first kappa shape index (κ1) is 24.9. The van der Waals surface area contributed by atoms with Crippen molar-refractivity contribution in [3.63, 3.8) is 0 Å². The molecule has 0 aliphatic carbocycles. The molecule has 1 fully saturated rings. The Morgan fingerprint density at radius 2 is 1.67 bits per heavy atom. The Hall–Kier alpha value is -2.70. The minimum Gasteiger partial charge on any atom is -0.379 e. The number of nitrogens with one attached hydrogen (secondary N) is 2. The molecule has 2 aromatic carbocycles. The Labute approximate surface area is 197 Å². The van der Waals surface area contributed by atoms with Crippen LogP contribution in [0.3, 0.4) is 0 Å². The van der Waals surface area contributed by atoms with Crippen LogP contribution in [0.2, 0.25) is 0 Å². The van der Waals surface area contributed by atoms with Crippen molar-refractivity contribution in [2.75, 3.05) is 39.4 Å². The van der Waals surface area contributed by atoms with E-state index in [1.54, 1.807) is 0 Å². The Morgan fingerprint density at radius 3 is 2.30 bits per heavy atom. The molecule has 1 aliphatic heterocycles. The molecular weight excluding hydrogens is 414 g/mol. The van der Waals surface area contributed by atoms with Crippen LogP contribution < -0.4 is 10.6 Å². The molecule has 0 saturated carbocycles. The lowest BCUT2D eigenvalue weighted by atomic mass is 9.86. The number of carbonyl (C=O) groups is 2. The standard InChI is InChI=1S/C27H37N3O3/c1-27(2,3)23-12-10-22(11-13-23)25(31)29-24(20-21-8-5-4-6-9-21)26(32)28-14-7-15-30-16-18-33-19-17-30/h4-6,8-13,24H,7,14-20H2,1-3H3,(H,28,32)(H,29,31). The van der Waals surface area contributed by atoms with Crippen LogP contribution in [0.25, 0.3) is 0 Å². The number of amides is 2. The van der Waals surface area contributed by atoms with Gasteiger partial charge in [-0.2, -0.15) is 0 Å². The molecule has 0 aromatic heterocycles. The van der Waals surface area contributed by atoms with Gasteiger partial charge in [0.05, 0.1) is 13.2 Å². The molecule has 6 nitrogen and oxygen atoms in total. The summed E-state index contributed by atoms with van der Waals surface area (Å²) in [7, 11) is 0. The molecule has 0 bridgehead atoms. The van der Waals surface area contributed by atoms with Gasteiger partial charge in [0.1, 0.15) is 6.04 Å². The van der Waals surface area contributed by atoms with Crippen LogP contribution in [-0.2, 0) is 21.4 Å². The zero-order chi connectivity index (χ0) is 23.7. The van der Waals surface area contributed by atoms with E-state index >= 15 is 0 Å². The van der Waals surface area contributed by atoms with Crippen LogP contribution in [0.4, 0.5) is 0 Å². The van der Waals surface area contributed by atoms with Gasteiger partial charge < -0.3 is 15.4 Å². The lowest BCUT2D eigenvalue weighted by Crippen LogP contribution is -2.48. The van der Waals surface area contributed by atoms with E-state index in [2.05, 4.69) is 36.3 Å². The minimum atomic E-state index is -0.634. The highest BCUT2D eigenvalue weighted by Crippen LogP contribution is 2.22. The third-order valence-corrected chi connectivity index (χ3v) is 5.97. The van der Waals surface area contributed by atoms with Crippen molar-refractivity contribution >= 4 is 11.8 Å². The molecule has 1 heterocycles. The summed E-state index contributed by atoms with van der Waals surface area (Å²) < 4.78 is 5.38. The van der Waals surface area contributed by atoms with Crippen molar-refractivity contribution in [3.8, 4) is 0 Å². The summed E-state index contributed by atoms with van der Waals surface area (Å²) in [6, 6.07) is 16.8. The van der Waals surface area contributed by atoms with E-state index in [1.807, 2.05) is 54.6 Å². The van der Waals surface area contributed by atoms with E-state index < -0.39 is 6.04 Å². The number of benzene rings is 2. The summed E-state index contributed by atoms with van der Waals surface area (Å²) in [5.74, 6) is -0.389. The molecule has 2 amide bonds. The molecule has 6 heteroatoms. The molecule has 1 unspecified atom stereocenters. The normalized spacial score (nSPS) is 15.6. The minimum absolute atomic E-state index is 0.0198. The summed E-state index contributed by atoms with van der Waals surface area (Å²) in [6.07, 6.45) is 1.31. The molecule has 0 spiro atoms. The summed E-state index contributed by atoms with van der Waals surface area (Å²) in [4.78, 5) is 28.3. The van der Waals surface area contributed by atoms with Crippen LogP contribution in [0.5, 0.6) is 0 Å². The van der Waals surface area contributed by atoms with E-state index in [0.717, 1.165) is 50.4 Å². The Morgan fingerprint density at radius 1 is 1.00 bits per heavy atom. The van der Waals surface area contributed by atoms with Gasteiger partial charge in [0.2, 0.25) is 5.91 Å². The number of ether oxygens (including phenoxy) is 1. The molecule has 0 radical (unpaired) electrons. The second-order valence-electron chi connectivity index (χ2n) is 9.64. The molecule has 1 saturated heterocycles. The largest absolute Gasteiger partial charge is 0.379 e. The van der Waals surface area contributed by atoms with Crippen molar-refractivity contribution in [1.82, 2.24) is 15.5 Å². The number of hydrogen-bond donors (Lipinski definition) is 2. The van der Waals surface area contributed by atoms with E-state index in [9.17, 15) is 9.59 Å². The van der Waals surface area contributed by atoms with Gasteiger partial charge in [-0.25, -0.2) is 0 Å². The first-order chi connectivity index (χ1) is 15.8. The van der Waals surface area contributed by atoms with Crippen LogP contribution in [0.15, 0.2) is 54.6 Å². The first-order valence-electron chi connectivity index (χ1n) is 11.9. The fourth-order valence-electron chi connectivity index (χ4n) is 3.88. The fraction of sp³-hybridized carbons (Fsp3) is 0.481. The average Bonchev–Trinajstić information content (AvgIpc) is 2.82. The highest BCUT2D eigenvalue weighted by atomic mass is 16.5. The maximum atomic E-state index is 13.0. The van der Waals surface area contributed by atoms with Crippen molar-refractivity contribution in [2.24, 2.45) is 0 Å². The Balaban J connectivity index is 1.59. The van der Waals surface area contributed by atoms with E-state index in [4.69, 9.17) is 4.74 Å². The predicted molar refractivity (Wildman–Crippen MR) is 131 cm³/mol. The van der Waals surface area contributed by atoms with E-state index in [-0.39, 0.29) is 17.2 Å². The Bertz CT molecular complexity index is 885.